The van der Waals surface area contributed by atoms with Gasteiger partial charge in [0.1, 0.15) is 12.4 Å². The average molecular weight is 495 g/mol. The zero-order chi connectivity index (χ0) is 22.4. The molecule has 6 heteroatoms. The molecule has 2 aromatic carbocycles. The van der Waals surface area contributed by atoms with Gasteiger partial charge in [0.05, 0.1) is 16.2 Å². The Morgan fingerprint density at radius 3 is 2.30 bits per heavy atom. The van der Waals surface area contributed by atoms with E-state index in [-0.39, 0.29) is 12.4 Å². The molecule has 33 heavy (non-hydrogen) atoms. The highest BCUT2D eigenvalue weighted by atomic mass is 35.5. The minimum Gasteiger partial charge on any atom is -0.487 e. The van der Waals surface area contributed by atoms with Crippen molar-refractivity contribution in [3.05, 3.63) is 64.7 Å². The largest absolute Gasteiger partial charge is 0.487 e. The van der Waals surface area contributed by atoms with Crippen molar-refractivity contribution in [2.24, 2.45) is 0 Å². The van der Waals surface area contributed by atoms with E-state index in [0.29, 0.717) is 11.6 Å². The molecule has 1 N–H and O–H groups in total. The second-order valence-corrected chi connectivity index (χ2v) is 9.87. The van der Waals surface area contributed by atoms with Crippen molar-refractivity contribution in [1.82, 2.24) is 4.90 Å². The van der Waals surface area contributed by atoms with Crippen LogP contribution in [0, 0.1) is 0 Å². The third kappa shape index (κ3) is 6.43. The van der Waals surface area contributed by atoms with Crippen molar-refractivity contribution in [1.29, 1.82) is 0 Å². The van der Waals surface area contributed by atoms with Crippen LogP contribution in [0.1, 0.15) is 62.5 Å². The summed E-state index contributed by atoms with van der Waals surface area (Å²) in [4.78, 5) is 2.47. The lowest BCUT2D eigenvalue weighted by atomic mass is 9.81. The van der Waals surface area contributed by atoms with Crippen molar-refractivity contribution >= 4 is 24.0 Å². The average Bonchev–Trinajstić information content (AvgIpc) is 2.83. The van der Waals surface area contributed by atoms with Crippen LogP contribution in [0.2, 0.25) is 5.02 Å². The number of piperidine rings is 1. The van der Waals surface area contributed by atoms with Crippen LogP contribution in [0.15, 0.2) is 48.5 Å². The van der Waals surface area contributed by atoms with Gasteiger partial charge in [0.2, 0.25) is 0 Å². The zero-order valence-electron chi connectivity index (χ0n) is 19.6. The number of methoxy groups -OCH3 is 1. The molecule has 4 nitrogen and oxygen atoms in total. The van der Waals surface area contributed by atoms with Crippen LogP contribution in [0.25, 0.3) is 0 Å². The van der Waals surface area contributed by atoms with Gasteiger partial charge in [0, 0.05) is 32.3 Å². The van der Waals surface area contributed by atoms with Gasteiger partial charge in [-0.3, -0.25) is 0 Å². The number of aliphatic hydroxyl groups is 1. The molecule has 4 rings (SSSR count). The van der Waals surface area contributed by atoms with Crippen LogP contribution in [0.3, 0.4) is 0 Å². The van der Waals surface area contributed by atoms with Gasteiger partial charge in [-0.15, -0.1) is 12.4 Å². The lowest BCUT2D eigenvalue weighted by Gasteiger charge is -2.43. The Bertz CT molecular complexity index is 863. The van der Waals surface area contributed by atoms with E-state index >= 15 is 0 Å². The van der Waals surface area contributed by atoms with Gasteiger partial charge in [-0.05, 0) is 43.7 Å². The summed E-state index contributed by atoms with van der Waals surface area (Å²) in [5.74, 6) is 0.727. The maximum atomic E-state index is 10.9. The van der Waals surface area contributed by atoms with E-state index in [4.69, 9.17) is 21.1 Å². The maximum absolute atomic E-state index is 10.9. The second-order valence-electron chi connectivity index (χ2n) is 9.47. The Labute approximate surface area is 209 Å². The van der Waals surface area contributed by atoms with Crippen molar-refractivity contribution in [2.75, 3.05) is 26.7 Å². The topological polar surface area (TPSA) is 41.9 Å². The Hall–Kier alpha value is -1.30. The number of halogens is 2. The SMILES string of the molecule is COC1(c2cccc(Cl)c2OCc2ccccc2)CCN(CCC2(O)CCCCC2)CC1.Cl. The molecule has 0 atom stereocenters. The third-order valence-corrected chi connectivity index (χ3v) is 7.71. The highest BCUT2D eigenvalue weighted by Gasteiger charge is 2.39. The predicted molar refractivity (Wildman–Crippen MR) is 136 cm³/mol. The predicted octanol–water partition coefficient (Wildman–Crippen LogP) is 6.36. The van der Waals surface area contributed by atoms with Crippen molar-refractivity contribution in [2.45, 2.75) is 69.2 Å². The first-order valence-electron chi connectivity index (χ1n) is 12.0. The number of nitrogens with zero attached hydrogens (tertiary/aromatic N) is 1. The van der Waals surface area contributed by atoms with Gasteiger partial charge in [0.15, 0.2) is 0 Å². The molecule has 0 aromatic heterocycles. The fourth-order valence-electron chi connectivity index (χ4n) is 5.29. The Kier molecular flexibility index (Phi) is 9.49. The number of hydrogen-bond donors (Lipinski definition) is 1. The molecule has 2 fully saturated rings. The number of ether oxygens (including phenoxy) is 2. The molecule has 2 aromatic rings. The van der Waals surface area contributed by atoms with E-state index in [1.54, 1.807) is 7.11 Å². The van der Waals surface area contributed by atoms with Crippen molar-refractivity contribution < 1.29 is 14.6 Å². The standard InChI is InChI=1S/C27H36ClNO3.ClH/c1-31-27(16-19-29(20-17-27)18-15-26(30)13-6-3-7-14-26)23-11-8-12-24(28)25(23)32-21-22-9-4-2-5-10-22;/h2,4-5,8-12,30H,3,6-7,13-21H2,1H3;1H. The molecule has 1 heterocycles. The number of rotatable bonds is 8. The molecule has 0 unspecified atom stereocenters. The summed E-state index contributed by atoms with van der Waals surface area (Å²) in [5.41, 5.74) is 1.28. The quantitative estimate of drug-likeness (QED) is 0.464. The highest BCUT2D eigenvalue weighted by molar-refractivity contribution is 6.32. The van der Waals surface area contributed by atoms with Crippen LogP contribution >= 0.6 is 24.0 Å². The summed E-state index contributed by atoms with van der Waals surface area (Å²) in [6.07, 6.45) is 8.11. The fraction of sp³-hybridized carbons (Fsp3) is 0.556. The van der Waals surface area contributed by atoms with E-state index in [2.05, 4.69) is 23.1 Å². The number of hydrogen-bond acceptors (Lipinski definition) is 4. The Morgan fingerprint density at radius 2 is 1.64 bits per heavy atom. The highest BCUT2D eigenvalue weighted by Crippen LogP contribution is 2.44. The minimum absolute atomic E-state index is 0. The molecule has 0 spiro atoms. The van der Waals surface area contributed by atoms with E-state index < -0.39 is 11.2 Å². The third-order valence-electron chi connectivity index (χ3n) is 7.42. The molecule has 1 aliphatic heterocycles. The molecule has 1 saturated heterocycles. The molecule has 182 valence electrons. The van der Waals surface area contributed by atoms with Crippen LogP contribution in [0.5, 0.6) is 5.75 Å². The first-order chi connectivity index (χ1) is 15.5. The monoisotopic (exact) mass is 493 g/mol. The van der Waals surface area contributed by atoms with Gasteiger partial charge in [-0.2, -0.15) is 0 Å². The molecule has 0 bridgehead atoms. The molecular weight excluding hydrogens is 457 g/mol. The van der Waals surface area contributed by atoms with Gasteiger partial charge >= 0.3 is 0 Å². The van der Waals surface area contributed by atoms with Gasteiger partial charge < -0.3 is 19.5 Å². The first-order valence-corrected chi connectivity index (χ1v) is 12.4. The minimum atomic E-state index is -0.459. The maximum Gasteiger partial charge on any atom is 0.144 e. The number of benzene rings is 2. The fourth-order valence-corrected chi connectivity index (χ4v) is 5.52. The molecule has 2 aliphatic rings. The van der Waals surface area contributed by atoms with E-state index in [1.807, 2.05) is 30.3 Å². The van der Waals surface area contributed by atoms with Crippen molar-refractivity contribution in [3.8, 4) is 5.75 Å². The van der Waals surface area contributed by atoms with Gasteiger partial charge in [-0.1, -0.05) is 73.3 Å². The molecule has 1 saturated carbocycles. The van der Waals surface area contributed by atoms with Crippen LogP contribution in [-0.4, -0.2) is 42.4 Å². The number of para-hydroxylation sites is 1. The van der Waals surface area contributed by atoms with Gasteiger partial charge in [0.25, 0.3) is 0 Å². The van der Waals surface area contributed by atoms with Crippen LogP contribution < -0.4 is 4.74 Å². The smallest absolute Gasteiger partial charge is 0.144 e. The second kappa shape index (κ2) is 11.9. The summed E-state index contributed by atoms with van der Waals surface area (Å²) in [5, 5.41) is 11.5. The molecule has 0 radical (unpaired) electrons. The van der Waals surface area contributed by atoms with Crippen LogP contribution in [0.4, 0.5) is 0 Å². The zero-order valence-corrected chi connectivity index (χ0v) is 21.2. The Morgan fingerprint density at radius 1 is 0.939 bits per heavy atom. The molecule has 1 aliphatic carbocycles. The summed E-state index contributed by atoms with van der Waals surface area (Å²) in [6, 6.07) is 16.1. The normalized spacial score (nSPS) is 20.1. The number of likely N-dealkylation sites (tertiary alicyclic amines) is 1. The summed E-state index contributed by atoms with van der Waals surface area (Å²) >= 11 is 6.59. The Balaban J connectivity index is 0.00000306. The lowest BCUT2D eigenvalue weighted by molar-refractivity contribution is -0.0698. The summed E-state index contributed by atoms with van der Waals surface area (Å²) in [6.45, 7) is 3.30. The van der Waals surface area contributed by atoms with Gasteiger partial charge in [-0.25, -0.2) is 0 Å². The van der Waals surface area contributed by atoms with E-state index in [9.17, 15) is 5.11 Å². The van der Waals surface area contributed by atoms with Crippen LogP contribution in [-0.2, 0) is 16.9 Å². The summed E-state index contributed by atoms with van der Waals surface area (Å²) in [7, 11) is 1.79. The van der Waals surface area contributed by atoms with E-state index in [0.717, 1.165) is 81.5 Å². The summed E-state index contributed by atoms with van der Waals surface area (Å²) < 4.78 is 12.4. The first kappa shape index (κ1) is 26.3. The lowest BCUT2D eigenvalue weighted by Crippen LogP contribution is -2.46. The van der Waals surface area contributed by atoms with E-state index in [1.165, 1.54) is 6.42 Å². The molecular formula is C27H37Cl2NO3. The molecule has 0 amide bonds. The van der Waals surface area contributed by atoms with Crippen molar-refractivity contribution in [3.63, 3.8) is 0 Å².